The molecule has 2 aromatic rings. The summed E-state index contributed by atoms with van der Waals surface area (Å²) in [4.78, 5) is 14.5. The molecule has 2 aromatic heterocycles. The molecule has 4 N–H and O–H groups in total. The minimum atomic E-state index is -0.368. The van der Waals surface area contributed by atoms with Crippen LogP contribution in [0.25, 0.3) is 0 Å². The number of thiophene rings is 1. The molecule has 0 saturated carbocycles. The van der Waals surface area contributed by atoms with Gasteiger partial charge in [0.1, 0.15) is 5.76 Å². The van der Waals surface area contributed by atoms with Crippen molar-refractivity contribution in [1.29, 1.82) is 0 Å². The summed E-state index contributed by atoms with van der Waals surface area (Å²) in [5.74, 6) is 0.686. The van der Waals surface area contributed by atoms with E-state index in [-0.39, 0.29) is 23.8 Å². The third kappa shape index (κ3) is 5.66. The van der Waals surface area contributed by atoms with Crippen LogP contribution in [0, 0.1) is 6.92 Å². The van der Waals surface area contributed by atoms with Crippen molar-refractivity contribution in [2.45, 2.75) is 20.4 Å². The molecule has 0 radical (unpaired) electrons. The average Bonchev–Trinajstić information content (AvgIpc) is 3.26. The van der Waals surface area contributed by atoms with E-state index in [1.807, 2.05) is 0 Å². The lowest BCUT2D eigenvalue weighted by Gasteiger charge is -2.11. The molecular weight excluding hydrogens is 382 g/mol. The normalized spacial score (nSPS) is 12.3. The van der Waals surface area contributed by atoms with Gasteiger partial charge in [-0.3, -0.25) is 4.79 Å². The first kappa shape index (κ1) is 20.7. The summed E-state index contributed by atoms with van der Waals surface area (Å²) in [6.07, 6.45) is 3.23. The summed E-state index contributed by atoms with van der Waals surface area (Å²) in [6.45, 7) is 8.11. The summed E-state index contributed by atoms with van der Waals surface area (Å²) in [5.41, 5.74) is 0.822. The van der Waals surface area contributed by atoms with E-state index in [1.54, 1.807) is 30.4 Å². The molecular formula is C18H23N5O2S2. The van der Waals surface area contributed by atoms with Gasteiger partial charge in [-0.2, -0.15) is 8.75 Å². The minimum absolute atomic E-state index is 0.0449. The van der Waals surface area contributed by atoms with Crippen molar-refractivity contribution in [3.05, 3.63) is 57.5 Å². The van der Waals surface area contributed by atoms with Gasteiger partial charge in [0, 0.05) is 16.8 Å². The Morgan fingerprint density at radius 1 is 1.30 bits per heavy atom. The molecule has 2 rings (SSSR count). The van der Waals surface area contributed by atoms with Crippen molar-refractivity contribution < 1.29 is 9.90 Å². The third-order valence-electron chi connectivity index (χ3n) is 3.64. The summed E-state index contributed by atoms with van der Waals surface area (Å²) >= 11 is 2.79. The van der Waals surface area contributed by atoms with Crippen LogP contribution in [0.2, 0.25) is 0 Å². The van der Waals surface area contributed by atoms with E-state index in [0.717, 1.165) is 11.7 Å². The number of amides is 1. The van der Waals surface area contributed by atoms with Crippen molar-refractivity contribution in [3.63, 3.8) is 0 Å². The van der Waals surface area contributed by atoms with Gasteiger partial charge >= 0.3 is 0 Å². The van der Waals surface area contributed by atoms with E-state index in [2.05, 4.69) is 50.3 Å². The molecule has 0 atom stereocenters. The molecule has 0 bridgehead atoms. The average molecular weight is 406 g/mol. The Kier molecular flexibility index (Phi) is 7.56. The number of aromatic nitrogens is 2. The van der Waals surface area contributed by atoms with Crippen LogP contribution in [0.3, 0.4) is 0 Å². The first-order valence-electron chi connectivity index (χ1n) is 8.25. The SMILES string of the molecule is C=C/C=C(C)\C(C(=O)NC)=C(\O)CNc1nsnc1NCc1ccc(C)s1. The largest absolute Gasteiger partial charge is 0.510 e. The second-order valence-electron chi connectivity index (χ2n) is 5.67. The molecule has 0 aliphatic carbocycles. The number of likely N-dealkylation sites (N-methyl/N-ethyl adjacent to an activating group) is 1. The zero-order valence-electron chi connectivity index (χ0n) is 15.5. The van der Waals surface area contributed by atoms with Gasteiger partial charge in [0.15, 0.2) is 11.6 Å². The maximum Gasteiger partial charge on any atom is 0.254 e. The quantitative estimate of drug-likeness (QED) is 0.289. The number of carbonyl (C=O) groups excluding carboxylic acids is 1. The zero-order chi connectivity index (χ0) is 19.8. The number of allylic oxidation sites excluding steroid dienone is 2. The molecule has 1 amide bonds. The zero-order valence-corrected chi connectivity index (χ0v) is 17.1. The smallest absolute Gasteiger partial charge is 0.254 e. The number of rotatable bonds is 9. The van der Waals surface area contributed by atoms with Crippen molar-refractivity contribution in [2.75, 3.05) is 24.2 Å². The van der Waals surface area contributed by atoms with E-state index in [9.17, 15) is 9.90 Å². The molecule has 27 heavy (non-hydrogen) atoms. The van der Waals surface area contributed by atoms with Crippen LogP contribution in [0.4, 0.5) is 11.6 Å². The molecule has 0 spiro atoms. The van der Waals surface area contributed by atoms with Crippen molar-refractivity contribution >= 4 is 40.6 Å². The third-order valence-corrected chi connectivity index (χ3v) is 5.17. The maximum atomic E-state index is 12.1. The number of nitrogens with zero attached hydrogens (tertiary/aromatic N) is 2. The van der Waals surface area contributed by atoms with Crippen molar-refractivity contribution in [2.24, 2.45) is 0 Å². The lowest BCUT2D eigenvalue weighted by Crippen LogP contribution is -2.24. The number of nitrogens with one attached hydrogen (secondary N) is 3. The van der Waals surface area contributed by atoms with Crippen LogP contribution in [-0.4, -0.2) is 33.4 Å². The number of hydrogen-bond donors (Lipinski definition) is 4. The number of anilines is 2. The molecule has 0 saturated heterocycles. The van der Waals surface area contributed by atoms with E-state index in [1.165, 1.54) is 16.8 Å². The highest BCUT2D eigenvalue weighted by atomic mass is 32.1. The van der Waals surface area contributed by atoms with Gasteiger partial charge in [-0.25, -0.2) is 0 Å². The molecule has 2 heterocycles. The van der Waals surface area contributed by atoms with Gasteiger partial charge in [-0.05, 0) is 31.6 Å². The number of aliphatic hydroxyl groups excluding tert-OH is 1. The van der Waals surface area contributed by atoms with Gasteiger partial charge in [-0.1, -0.05) is 18.7 Å². The first-order valence-corrected chi connectivity index (χ1v) is 9.80. The highest BCUT2D eigenvalue weighted by Crippen LogP contribution is 2.22. The van der Waals surface area contributed by atoms with Crippen LogP contribution < -0.4 is 16.0 Å². The van der Waals surface area contributed by atoms with Crippen LogP contribution in [0.1, 0.15) is 16.7 Å². The summed E-state index contributed by atoms with van der Waals surface area (Å²) in [6, 6.07) is 4.14. The van der Waals surface area contributed by atoms with Crippen LogP contribution >= 0.6 is 23.1 Å². The second kappa shape index (κ2) is 9.89. The first-order chi connectivity index (χ1) is 13.0. The van der Waals surface area contributed by atoms with Gasteiger partial charge in [0.05, 0.1) is 30.4 Å². The van der Waals surface area contributed by atoms with Gasteiger partial charge in [-0.15, -0.1) is 11.3 Å². The minimum Gasteiger partial charge on any atom is -0.510 e. The molecule has 0 aliphatic heterocycles. The Morgan fingerprint density at radius 3 is 2.59 bits per heavy atom. The topological polar surface area (TPSA) is 99.2 Å². The second-order valence-corrected chi connectivity index (χ2v) is 7.57. The number of carbonyl (C=O) groups is 1. The summed E-state index contributed by atoms with van der Waals surface area (Å²) in [7, 11) is 1.52. The van der Waals surface area contributed by atoms with Crippen molar-refractivity contribution in [3.8, 4) is 0 Å². The van der Waals surface area contributed by atoms with Crippen LogP contribution in [0.15, 0.2) is 47.8 Å². The fourth-order valence-electron chi connectivity index (χ4n) is 2.35. The fourth-order valence-corrected chi connectivity index (χ4v) is 3.69. The standard InChI is InChI=1S/C18H23N5O2S2/c1-5-6-11(2)15(18(25)19-4)14(24)10-21-17-16(22-27-23-17)20-9-13-8-7-12(3)26-13/h5-8,24H,1,9-10H2,2-4H3,(H,19,25)(H,20,22)(H,21,23)/b11-6-,15-14-. The van der Waals surface area contributed by atoms with Gasteiger partial charge < -0.3 is 21.1 Å². The lowest BCUT2D eigenvalue weighted by molar-refractivity contribution is -0.117. The molecule has 0 unspecified atom stereocenters. The highest BCUT2D eigenvalue weighted by molar-refractivity contribution is 7.11. The molecule has 0 aromatic carbocycles. The van der Waals surface area contributed by atoms with E-state index < -0.39 is 0 Å². The molecule has 144 valence electrons. The van der Waals surface area contributed by atoms with E-state index in [0.29, 0.717) is 23.8 Å². The lowest BCUT2D eigenvalue weighted by atomic mass is 10.0. The van der Waals surface area contributed by atoms with E-state index >= 15 is 0 Å². The van der Waals surface area contributed by atoms with Crippen LogP contribution in [-0.2, 0) is 11.3 Å². The number of hydrogen-bond acceptors (Lipinski definition) is 8. The predicted molar refractivity (Wildman–Crippen MR) is 112 cm³/mol. The van der Waals surface area contributed by atoms with E-state index in [4.69, 9.17) is 0 Å². The van der Waals surface area contributed by atoms with Gasteiger partial charge in [0.2, 0.25) is 0 Å². The van der Waals surface area contributed by atoms with Crippen LogP contribution in [0.5, 0.6) is 0 Å². The fraction of sp³-hybridized carbons (Fsp3) is 0.278. The number of aryl methyl sites for hydroxylation is 1. The Labute approximate surface area is 166 Å². The Morgan fingerprint density at radius 2 is 2.00 bits per heavy atom. The molecule has 9 heteroatoms. The predicted octanol–water partition coefficient (Wildman–Crippen LogP) is 3.62. The monoisotopic (exact) mass is 405 g/mol. The molecule has 7 nitrogen and oxygen atoms in total. The summed E-state index contributed by atoms with van der Waals surface area (Å²) < 4.78 is 8.44. The Bertz CT molecular complexity index is 867. The maximum absolute atomic E-state index is 12.1. The van der Waals surface area contributed by atoms with Crippen molar-refractivity contribution in [1.82, 2.24) is 14.1 Å². The molecule has 0 aliphatic rings. The Hall–Kier alpha value is -2.65. The van der Waals surface area contributed by atoms with Gasteiger partial charge in [0.25, 0.3) is 5.91 Å². The Balaban J connectivity index is 2.08. The summed E-state index contributed by atoms with van der Waals surface area (Å²) in [5, 5.41) is 19.2. The number of aliphatic hydroxyl groups is 1. The molecule has 0 fully saturated rings. The highest BCUT2D eigenvalue weighted by Gasteiger charge is 2.17.